The second kappa shape index (κ2) is 8.55. The lowest BCUT2D eigenvalue weighted by Gasteiger charge is -2.25. The fraction of sp³-hybridized carbons (Fsp3) is 0.238. The van der Waals surface area contributed by atoms with Crippen LogP contribution in [0, 0.1) is 0 Å². The summed E-state index contributed by atoms with van der Waals surface area (Å²) in [5, 5.41) is 20.8. The molecule has 1 atom stereocenters. The van der Waals surface area contributed by atoms with Crippen molar-refractivity contribution in [1.82, 2.24) is 4.90 Å². The zero-order valence-electron chi connectivity index (χ0n) is 15.9. The van der Waals surface area contributed by atoms with Crippen LogP contribution in [0.15, 0.2) is 48.0 Å². The maximum Gasteiger partial charge on any atom is 0.295 e. The third-order valence-electron chi connectivity index (χ3n) is 4.71. The van der Waals surface area contributed by atoms with Crippen molar-refractivity contribution < 1.29 is 29.3 Å². The van der Waals surface area contributed by atoms with Crippen LogP contribution < -0.4 is 4.74 Å². The van der Waals surface area contributed by atoms with Gasteiger partial charge in [-0.3, -0.25) is 9.59 Å². The van der Waals surface area contributed by atoms with Gasteiger partial charge in [0, 0.05) is 19.2 Å². The van der Waals surface area contributed by atoms with Gasteiger partial charge in [-0.1, -0.05) is 23.7 Å². The first kappa shape index (κ1) is 20.7. The number of aliphatic hydroxyl groups is 1. The van der Waals surface area contributed by atoms with Crippen LogP contribution in [0.1, 0.15) is 17.2 Å². The van der Waals surface area contributed by atoms with Crippen LogP contribution in [0.3, 0.4) is 0 Å². The number of amides is 1. The minimum Gasteiger partial charge on any atom is -0.508 e. The van der Waals surface area contributed by atoms with E-state index in [1.807, 2.05) is 0 Å². The molecule has 1 amide bonds. The van der Waals surface area contributed by atoms with Gasteiger partial charge in [0.05, 0.1) is 30.4 Å². The fourth-order valence-corrected chi connectivity index (χ4v) is 3.47. The molecule has 2 aromatic rings. The minimum atomic E-state index is -0.854. The van der Waals surface area contributed by atoms with Crippen molar-refractivity contribution in [2.45, 2.75) is 6.04 Å². The molecule has 3 rings (SSSR count). The molecule has 0 radical (unpaired) electrons. The smallest absolute Gasteiger partial charge is 0.295 e. The van der Waals surface area contributed by atoms with E-state index in [1.165, 1.54) is 43.4 Å². The van der Waals surface area contributed by atoms with Crippen molar-refractivity contribution in [1.29, 1.82) is 0 Å². The number of nitrogens with zero attached hydrogens (tertiary/aromatic N) is 1. The molecule has 7 nitrogen and oxygen atoms in total. The Morgan fingerprint density at radius 2 is 1.83 bits per heavy atom. The van der Waals surface area contributed by atoms with Gasteiger partial charge in [-0.2, -0.15) is 0 Å². The standard InChI is InChI=1S/C21H20ClNO6/c1-28-10-9-23-18(12-3-5-13(24)6-4-12)17(20(26)21(23)27)19(25)15-11-14(29-2)7-8-16(15)22/h3-8,11,18,24-25H,9-10H2,1-2H3/b19-17+. The maximum atomic E-state index is 12.8. The number of carbonyl (C=O) groups excluding carboxylic acids is 2. The van der Waals surface area contributed by atoms with E-state index >= 15 is 0 Å². The monoisotopic (exact) mass is 417 g/mol. The number of ketones is 1. The Hall–Kier alpha value is -3.03. The first-order chi connectivity index (χ1) is 13.9. The number of benzene rings is 2. The third kappa shape index (κ3) is 3.92. The number of phenols is 1. The van der Waals surface area contributed by atoms with E-state index in [0.717, 1.165) is 0 Å². The van der Waals surface area contributed by atoms with Crippen LogP contribution in [0.5, 0.6) is 11.5 Å². The summed E-state index contributed by atoms with van der Waals surface area (Å²) in [6, 6.07) is 9.87. The second-order valence-corrected chi connectivity index (χ2v) is 6.83. The molecule has 2 N–H and O–H groups in total. The zero-order valence-corrected chi connectivity index (χ0v) is 16.6. The molecular weight excluding hydrogens is 398 g/mol. The quantitative estimate of drug-likeness (QED) is 0.426. The number of Topliss-reactive ketones (excluding diaryl/α,β-unsaturated/α-hetero) is 1. The topological polar surface area (TPSA) is 96.3 Å². The summed E-state index contributed by atoms with van der Waals surface area (Å²) in [5.74, 6) is -1.49. The van der Waals surface area contributed by atoms with Gasteiger partial charge in [0.2, 0.25) is 0 Å². The number of rotatable bonds is 6. The highest BCUT2D eigenvalue weighted by Gasteiger charge is 2.46. The number of hydrogen-bond donors (Lipinski definition) is 2. The maximum absolute atomic E-state index is 12.8. The Bertz CT molecular complexity index is 970. The number of methoxy groups -OCH3 is 2. The molecule has 152 valence electrons. The number of halogens is 1. The molecule has 29 heavy (non-hydrogen) atoms. The van der Waals surface area contributed by atoms with Gasteiger partial charge in [0.15, 0.2) is 0 Å². The molecular formula is C21H20ClNO6. The highest BCUT2D eigenvalue weighted by molar-refractivity contribution is 6.47. The SMILES string of the molecule is COCCN1C(=O)C(=O)/C(=C(/O)c2cc(OC)ccc2Cl)C1c1ccc(O)cc1. The predicted octanol–water partition coefficient (Wildman–Crippen LogP) is 3.12. The molecule has 0 aliphatic carbocycles. The summed E-state index contributed by atoms with van der Waals surface area (Å²) in [6.45, 7) is 0.358. The number of aromatic hydroxyl groups is 1. The largest absolute Gasteiger partial charge is 0.508 e. The molecule has 8 heteroatoms. The van der Waals surface area contributed by atoms with E-state index in [0.29, 0.717) is 11.3 Å². The number of likely N-dealkylation sites (tertiary alicyclic amines) is 1. The molecule has 1 heterocycles. The lowest BCUT2D eigenvalue weighted by atomic mass is 9.95. The first-order valence-corrected chi connectivity index (χ1v) is 9.17. The molecule has 0 saturated carbocycles. The number of aliphatic hydroxyl groups excluding tert-OH is 1. The molecule has 2 aromatic carbocycles. The van der Waals surface area contributed by atoms with E-state index in [9.17, 15) is 19.8 Å². The van der Waals surface area contributed by atoms with E-state index in [-0.39, 0.29) is 35.1 Å². The molecule has 1 fully saturated rings. The summed E-state index contributed by atoms with van der Waals surface area (Å²) in [7, 11) is 2.95. The lowest BCUT2D eigenvalue weighted by molar-refractivity contribution is -0.140. The van der Waals surface area contributed by atoms with Gasteiger partial charge >= 0.3 is 0 Å². The van der Waals surface area contributed by atoms with Gasteiger partial charge < -0.3 is 24.6 Å². The zero-order chi connectivity index (χ0) is 21.1. The average Bonchev–Trinajstić information content (AvgIpc) is 2.97. The van der Waals surface area contributed by atoms with Crippen molar-refractivity contribution in [3.8, 4) is 11.5 Å². The summed E-state index contributed by atoms with van der Waals surface area (Å²) in [6.07, 6.45) is 0. The number of hydrogen-bond acceptors (Lipinski definition) is 6. The summed E-state index contributed by atoms with van der Waals surface area (Å²) in [5.41, 5.74) is 0.644. The van der Waals surface area contributed by atoms with Crippen molar-refractivity contribution in [3.05, 3.63) is 64.2 Å². The van der Waals surface area contributed by atoms with Gasteiger partial charge in [0.1, 0.15) is 17.3 Å². The Morgan fingerprint density at radius 3 is 2.45 bits per heavy atom. The molecule has 1 aliphatic heterocycles. The van der Waals surface area contributed by atoms with Crippen molar-refractivity contribution >= 4 is 29.1 Å². The normalized spacial score (nSPS) is 18.3. The highest BCUT2D eigenvalue weighted by atomic mass is 35.5. The van der Waals surface area contributed by atoms with Gasteiger partial charge in [-0.15, -0.1) is 0 Å². The summed E-state index contributed by atoms with van der Waals surface area (Å²) in [4.78, 5) is 26.9. The lowest BCUT2D eigenvalue weighted by Crippen LogP contribution is -2.32. The fourth-order valence-electron chi connectivity index (χ4n) is 3.26. The van der Waals surface area contributed by atoms with Gasteiger partial charge in [-0.05, 0) is 35.9 Å². The third-order valence-corrected chi connectivity index (χ3v) is 5.04. The van der Waals surface area contributed by atoms with Crippen LogP contribution in [0.25, 0.3) is 5.76 Å². The Balaban J connectivity index is 2.20. The van der Waals surface area contributed by atoms with E-state index < -0.39 is 23.5 Å². The molecule has 1 aliphatic rings. The molecule has 1 saturated heterocycles. The minimum absolute atomic E-state index is 0.0402. The Kier molecular flexibility index (Phi) is 6.10. The van der Waals surface area contributed by atoms with Crippen LogP contribution in [-0.2, 0) is 14.3 Å². The van der Waals surface area contributed by atoms with Gasteiger partial charge in [-0.25, -0.2) is 0 Å². The Labute approximate surface area is 172 Å². The first-order valence-electron chi connectivity index (χ1n) is 8.79. The molecule has 0 spiro atoms. The molecule has 0 bridgehead atoms. The highest BCUT2D eigenvalue weighted by Crippen LogP contribution is 2.41. The van der Waals surface area contributed by atoms with Crippen LogP contribution in [-0.4, -0.2) is 54.2 Å². The molecule has 0 aromatic heterocycles. The summed E-state index contributed by atoms with van der Waals surface area (Å²) >= 11 is 6.23. The predicted molar refractivity (Wildman–Crippen MR) is 107 cm³/mol. The molecule has 1 unspecified atom stereocenters. The van der Waals surface area contributed by atoms with Crippen molar-refractivity contribution in [2.24, 2.45) is 0 Å². The van der Waals surface area contributed by atoms with Crippen LogP contribution in [0.4, 0.5) is 0 Å². The average molecular weight is 418 g/mol. The van der Waals surface area contributed by atoms with E-state index in [4.69, 9.17) is 21.1 Å². The van der Waals surface area contributed by atoms with Crippen molar-refractivity contribution in [2.75, 3.05) is 27.4 Å². The van der Waals surface area contributed by atoms with Crippen LogP contribution >= 0.6 is 11.6 Å². The van der Waals surface area contributed by atoms with Crippen LogP contribution in [0.2, 0.25) is 5.02 Å². The van der Waals surface area contributed by atoms with Gasteiger partial charge in [0.25, 0.3) is 11.7 Å². The van der Waals surface area contributed by atoms with E-state index in [1.54, 1.807) is 18.2 Å². The summed E-state index contributed by atoms with van der Waals surface area (Å²) < 4.78 is 10.2. The second-order valence-electron chi connectivity index (χ2n) is 6.42. The Morgan fingerprint density at radius 1 is 1.14 bits per heavy atom. The number of carbonyl (C=O) groups is 2. The van der Waals surface area contributed by atoms with E-state index in [2.05, 4.69) is 0 Å². The number of ether oxygens (including phenoxy) is 2. The van der Waals surface area contributed by atoms with Crippen molar-refractivity contribution in [3.63, 3.8) is 0 Å². The number of phenolic OH excluding ortho intramolecular Hbond substituents is 1.